The molecule has 20 heavy (non-hydrogen) atoms. The second-order valence-electron chi connectivity index (χ2n) is 5.63. The van der Waals surface area contributed by atoms with Gasteiger partial charge in [-0.2, -0.15) is 0 Å². The van der Waals surface area contributed by atoms with Gasteiger partial charge >= 0.3 is 5.97 Å². The number of hydrogen-bond acceptors (Lipinski definition) is 2. The Kier molecular flexibility index (Phi) is 4.12. The molecule has 0 aliphatic heterocycles. The number of anilines is 1. The predicted molar refractivity (Wildman–Crippen MR) is 77.7 cm³/mol. The maximum Gasteiger partial charge on any atom is 0.310 e. The molecule has 108 valence electrons. The van der Waals surface area contributed by atoms with Gasteiger partial charge in [0.05, 0.1) is 5.92 Å². The number of hydrogen-bond donors (Lipinski definition) is 2. The topological polar surface area (TPSA) is 66.4 Å². The van der Waals surface area contributed by atoms with Gasteiger partial charge in [0, 0.05) is 11.1 Å². The van der Waals surface area contributed by atoms with Gasteiger partial charge in [-0.3, -0.25) is 9.59 Å². The fourth-order valence-electron chi connectivity index (χ4n) is 2.64. The molecule has 1 saturated carbocycles. The number of benzene rings is 1. The summed E-state index contributed by atoms with van der Waals surface area (Å²) < 4.78 is 0. The lowest BCUT2D eigenvalue weighted by molar-refractivity contribution is -0.138. The second kappa shape index (κ2) is 5.65. The van der Waals surface area contributed by atoms with E-state index < -0.39 is 11.9 Å². The number of nitrogens with one attached hydrogen (secondary N) is 1. The molecule has 0 spiro atoms. The van der Waals surface area contributed by atoms with Crippen molar-refractivity contribution < 1.29 is 14.7 Å². The van der Waals surface area contributed by atoms with Gasteiger partial charge in [-0.15, -0.1) is 0 Å². The molecule has 4 heteroatoms. The predicted octanol–water partition coefficient (Wildman–Crippen LogP) is 3.39. The van der Waals surface area contributed by atoms with E-state index in [1.54, 1.807) is 31.2 Å². The molecule has 1 atom stereocenters. The number of carboxylic acids is 1. The number of amides is 1. The van der Waals surface area contributed by atoms with Crippen LogP contribution in [-0.4, -0.2) is 17.0 Å². The number of carboxylic acid groups (broad SMARTS) is 1. The van der Waals surface area contributed by atoms with Crippen LogP contribution in [0, 0.1) is 5.41 Å². The molecule has 0 radical (unpaired) electrons. The monoisotopic (exact) mass is 275 g/mol. The largest absolute Gasteiger partial charge is 0.481 e. The summed E-state index contributed by atoms with van der Waals surface area (Å²) in [6.07, 6.45) is 3.85. The SMILES string of the molecule is CCC1(C(=O)Nc2cccc(C(C)C(=O)O)c2)CCC1. The third-order valence-electron chi connectivity index (χ3n) is 4.48. The molecule has 1 unspecified atom stereocenters. The first-order chi connectivity index (χ1) is 9.48. The zero-order chi connectivity index (χ0) is 14.8. The van der Waals surface area contributed by atoms with E-state index in [4.69, 9.17) is 5.11 Å². The third kappa shape index (κ3) is 2.69. The van der Waals surface area contributed by atoms with Crippen molar-refractivity contribution in [3.8, 4) is 0 Å². The van der Waals surface area contributed by atoms with Crippen molar-refractivity contribution >= 4 is 17.6 Å². The summed E-state index contributed by atoms with van der Waals surface area (Å²) in [6, 6.07) is 7.11. The Morgan fingerprint density at radius 1 is 1.40 bits per heavy atom. The van der Waals surface area contributed by atoms with Crippen LogP contribution in [0.1, 0.15) is 51.0 Å². The van der Waals surface area contributed by atoms with E-state index in [1.807, 2.05) is 6.92 Å². The van der Waals surface area contributed by atoms with Crippen LogP contribution in [0.3, 0.4) is 0 Å². The highest BCUT2D eigenvalue weighted by Crippen LogP contribution is 2.44. The van der Waals surface area contributed by atoms with E-state index in [0.29, 0.717) is 11.3 Å². The molecule has 0 heterocycles. The minimum atomic E-state index is -0.863. The fraction of sp³-hybridized carbons (Fsp3) is 0.500. The van der Waals surface area contributed by atoms with Crippen LogP contribution in [0.5, 0.6) is 0 Å². The molecule has 1 aromatic carbocycles. The van der Waals surface area contributed by atoms with Crippen molar-refractivity contribution in [2.45, 2.75) is 45.4 Å². The van der Waals surface area contributed by atoms with E-state index in [2.05, 4.69) is 5.32 Å². The first kappa shape index (κ1) is 14.6. The standard InChI is InChI=1S/C16H21NO3/c1-3-16(8-5-9-16)15(20)17-13-7-4-6-12(10-13)11(2)14(18)19/h4,6-7,10-11H,3,5,8-9H2,1-2H3,(H,17,20)(H,18,19). The molecule has 1 aliphatic rings. The Bertz CT molecular complexity index is 515. The van der Waals surface area contributed by atoms with Crippen molar-refractivity contribution in [2.24, 2.45) is 5.41 Å². The van der Waals surface area contributed by atoms with Gasteiger partial charge in [0.25, 0.3) is 0 Å². The molecule has 4 nitrogen and oxygen atoms in total. The minimum absolute atomic E-state index is 0.0615. The summed E-state index contributed by atoms with van der Waals surface area (Å²) >= 11 is 0. The smallest absolute Gasteiger partial charge is 0.310 e. The fourth-order valence-corrected chi connectivity index (χ4v) is 2.64. The van der Waals surface area contributed by atoms with Crippen LogP contribution < -0.4 is 5.32 Å². The van der Waals surface area contributed by atoms with Crippen LogP contribution in [0.25, 0.3) is 0 Å². The zero-order valence-corrected chi connectivity index (χ0v) is 12.0. The second-order valence-corrected chi connectivity index (χ2v) is 5.63. The van der Waals surface area contributed by atoms with Gasteiger partial charge in [0.1, 0.15) is 0 Å². The van der Waals surface area contributed by atoms with Gasteiger partial charge in [-0.1, -0.05) is 25.5 Å². The summed E-state index contributed by atoms with van der Waals surface area (Å²) in [7, 11) is 0. The van der Waals surface area contributed by atoms with Crippen molar-refractivity contribution in [2.75, 3.05) is 5.32 Å². The van der Waals surface area contributed by atoms with Crippen LogP contribution in [0.2, 0.25) is 0 Å². The Labute approximate surface area is 119 Å². The van der Waals surface area contributed by atoms with E-state index in [9.17, 15) is 9.59 Å². The van der Waals surface area contributed by atoms with Crippen LogP contribution in [0.4, 0.5) is 5.69 Å². The van der Waals surface area contributed by atoms with Crippen LogP contribution >= 0.6 is 0 Å². The molecule has 0 saturated heterocycles. The van der Waals surface area contributed by atoms with Crippen LogP contribution in [-0.2, 0) is 9.59 Å². The Morgan fingerprint density at radius 2 is 2.10 bits per heavy atom. The van der Waals surface area contributed by atoms with E-state index in [0.717, 1.165) is 25.7 Å². The number of rotatable bonds is 5. The highest BCUT2D eigenvalue weighted by Gasteiger charge is 2.42. The molecule has 0 aromatic heterocycles. The van der Waals surface area contributed by atoms with Gasteiger partial charge in [-0.25, -0.2) is 0 Å². The molecule has 1 amide bonds. The van der Waals surface area contributed by atoms with Crippen LogP contribution in [0.15, 0.2) is 24.3 Å². The van der Waals surface area contributed by atoms with Crippen molar-refractivity contribution in [1.82, 2.24) is 0 Å². The molecule has 2 rings (SSSR count). The first-order valence-electron chi connectivity index (χ1n) is 7.13. The minimum Gasteiger partial charge on any atom is -0.481 e. The maximum absolute atomic E-state index is 12.3. The molecular weight excluding hydrogens is 254 g/mol. The lowest BCUT2D eigenvalue weighted by Gasteiger charge is -2.39. The molecule has 1 aliphatic carbocycles. The lowest BCUT2D eigenvalue weighted by atomic mass is 9.66. The van der Waals surface area contributed by atoms with E-state index >= 15 is 0 Å². The number of aliphatic carboxylic acids is 1. The average Bonchev–Trinajstić information content (AvgIpc) is 2.37. The molecule has 0 bridgehead atoms. The molecular formula is C16H21NO3. The quantitative estimate of drug-likeness (QED) is 0.865. The van der Waals surface area contributed by atoms with E-state index in [1.165, 1.54) is 0 Å². The first-order valence-corrected chi connectivity index (χ1v) is 7.13. The molecule has 1 fully saturated rings. The Hall–Kier alpha value is -1.84. The van der Waals surface area contributed by atoms with Crippen molar-refractivity contribution in [3.63, 3.8) is 0 Å². The maximum atomic E-state index is 12.3. The zero-order valence-electron chi connectivity index (χ0n) is 12.0. The van der Waals surface area contributed by atoms with Gasteiger partial charge in [0.2, 0.25) is 5.91 Å². The third-order valence-corrected chi connectivity index (χ3v) is 4.48. The number of carbonyl (C=O) groups excluding carboxylic acids is 1. The van der Waals surface area contributed by atoms with Gasteiger partial charge in [-0.05, 0) is 43.9 Å². The highest BCUT2D eigenvalue weighted by molar-refractivity contribution is 5.96. The molecule has 2 N–H and O–H groups in total. The molecule has 1 aromatic rings. The summed E-state index contributed by atoms with van der Waals surface area (Å²) in [6.45, 7) is 3.68. The Morgan fingerprint density at radius 3 is 2.60 bits per heavy atom. The number of carbonyl (C=O) groups is 2. The summed E-state index contributed by atoms with van der Waals surface area (Å²) in [4.78, 5) is 23.3. The average molecular weight is 275 g/mol. The van der Waals surface area contributed by atoms with Gasteiger partial charge < -0.3 is 10.4 Å². The lowest BCUT2D eigenvalue weighted by Crippen LogP contribution is -2.41. The van der Waals surface area contributed by atoms with Crippen molar-refractivity contribution in [1.29, 1.82) is 0 Å². The normalized spacial score (nSPS) is 17.9. The highest BCUT2D eigenvalue weighted by atomic mass is 16.4. The van der Waals surface area contributed by atoms with E-state index in [-0.39, 0.29) is 11.3 Å². The van der Waals surface area contributed by atoms with Gasteiger partial charge in [0.15, 0.2) is 0 Å². The summed E-state index contributed by atoms with van der Waals surface area (Å²) in [5.74, 6) is -1.38. The summed E-state index contributed by atoms with van der Waals surface area (Å²) in [5, 5.41) is 12.0. The summed E-state index contributed by atoms with van der Waals surface area (Å²) in [5.41, 5.74) is 1.17. The Balaban J connectivity index is 2.12. The van der Waals surface area contributed by atoms with Crippen molar-refractivity contribution in [3.05, 3.63) is 29.8 Å².